The molecular formula is C10H14FNO. The minimum atomic E-state index is -0.351. The zero-order valence-electron chi connectivity index (χ0n) is 8.10. The Kier molecular flexibility index (Phi) is 2.88. The van der Waals surface area contributed by atoms with Crippen LogP contribution in [0.5, 0.6) is 5.75 Å². The Bertz CT molecular complexity index is 310. The maximum absolute atomic E-state index is 13.4. The van der Waals surface area contributed by atoms with Crippen LogP contribution in [0.1, 0.15) is 24.1 Å². The molecule has 3 heteroatoms. The van der Waals surface area contributed by atoms with Crippen LogP contribution in [0, 0.1) is 12.7 Å². The fraction of sp³-hybridized carbons (Fsp3) is 0.400. The van der Waals surface area contributed by atoms with Gasteiger partial charge in [0.15, 0.2) is 0 Å². The van der Waals surface area contributed by atoms with Gasteiger partial charge in [0.2, 0.25) is 0 Å². The standard InChI is InChI=1S/C10H14FNO/c1-6-4-8(11)10(7(2)12)9(5-6)13-3/h4-5,7H,12H2,1-3H3. The van der Waals surface area contributed by atoms with E-state index in [1.54, 1.807) is 13.0 Å². The van der Waals surface area contributed by atoms with Gasteiger partial charge in [-0.15, -0.1) is 0 Å². The van der Waals surface area contributed by atoms with E-state index in [4.69, 9.17) is 10.5 Å². The van der Waals surface area contributed by atoms with Gasteiger partial charge in [-0.3, -0.25) is 0 Å². The SMILES string of the molecule is COc1cc(C)cc(F)c1C(C)N. The number of halogens is 1. The predicted octanol–water partition coefficient (Wildman–Crippen LogP) is 2.16. The normalized spacial score (nSPS) is 12.7. The first-order valence-electron chi connectivity index (χ1n) is 4.16. The molecule has 0 heterocycles. The first-order chi connectivity index (χ1) is 6.06. The van der Waals surface area contributed by atoms with Crippen molar-refractivity contribution >= 4 is 0 Å². The van der Waals surface area contributed by atoms with E-state index >= 15 is 0 Å². The molecular weight excluding hydrogens is 169 g/mol. The molecule has 0 saturated carbocycles. The van der Waals surface area contributed by atoms with Gasteiger partial charge in [0, 0.05) is 11.6 Å². The van der Waals surface area contributed by atoms with Crippen molar-refractivity contribution in [3.63, 3.8) is 0 Å². The third kappa shape index (κ3) is 1.98. The van der Waals surface area contributed by atoms with Crippen molar-refractivity contribution in [2.75, 3.05) is 7.11 Å². The topological polar surface area (TPSA) is 35.2 Å². The van der Waals surface area contributed by atoms with Crippen LogP contribution in [0.2, 0.25) is 0 Å². The van der Waals surface area contributed by atoms with E-state index in [0.29, 0.717) is 11.3 Å². The second-order valence-electron chi connectivity index (χ2n) is 3.15. The molecule has 0 radical (unpaired) electrons. The summed E-state index contributed by atoms with van der Waals surface area (Å²) in [7, 11) is 1.51. The summed E-state index contributed by atoms with van der Waals surface area (Å²) in [6, 6.07) is 2.89. The highest BCUT2D eigenvalue weighted by atomic mass is 19.1. The van der Waals surface area contributed by atoms with Crippen LogP contribution in [0.15, 0.2) is 12.1 Å². The van der Waals surface area contributed by atoms with E-state index in [1.807, 2.05) is 6.92 Å². The van der Waals surface area contributed by atoms with Crippen molar-refractivity contribution in [3.05, 3.63) is 29.1 Å². The first-order valence-corrected chi connectivity index (χ1v) is 4.16. The molecule has 0 aliphatic rings. The van der Waals surface area contributed by atoms with E-state index in [1.165, 1.54) is 13.2 Å². The maximum atomic E-state index is 13.4. The van der Waals surface area contributed by atoms with Crippen LogP contribution in [0.4, 0.5) is 4.39 Å². The highest BCUT2D eigenvalue weighted by Gasteiger charge is 2.13. The summed E-state index contributed by atoms with van der Waals surface area (Å²) in [4.78, 5) is 0. The third-order valence-corrected chi connectivity index (χ3v) is 1.91. The fourth-order valence-electron chi connectivity index (χ4n) is 1.33. The first kappa shape index (κ1) is 9.99. The van der Waals surface area contributed by atoms with E-state index < -0.39 is 0 Å². The van der Waals surface area contributed by atoms with E-state index in [2.05, 4.69) is 0 Å². The van der Waals surface area contributed by atoms with E-state index in [0.717, 1.165) is 5.56 Å². The van der Waals surface area contributed by atoms with Crippen LogP contribution >= 0.6 is 0 Å². The molecule has 1 unspecified atom stereocenters. The van der Waals surface area contributed by atoms with Crippen molar-refractivity contribution in [1.29, 1.82) is 0 Å². The Morgan fingerprint density at radius 1 is 1.46 bits per heavy atom. The van der Waals surface area contributed by atoms with Gasteiger partial charge in [0.05, 0.1) is 7.11 Å². The molecule has 0 spiro atoms. The molecule has 1 aromatic rings. The van der Waals surface area contributed by atoms with Crippen LogP contribution in [0.25, 0.3) is 0 Å². The van der Waals surface area contributed by atoms with Crippen LogP contribution in [-0.2, 0) is 0 Å². The number of hydrogen-bond acceptors (Lipinski definition) is 2. The molecule has 0 aliphatic carbocycles. The summed E-state index contributed by atoms with van der Waals surface area (Å²) in [5.74, 6) is 0.222. The van der Waals surface area contributed by atoms with Crippen LogP contribution in [-0.4, -0.2) is 7.11 Å². The molecule has 0 bridgehead atoms. The van der Waals surface area contributed by atoms with E-state index in [-0.39, 0.29) is 11.9 Å². The van der Waals surface area contributed by atoms with Gasteiger partial charge in [-0.1, -0.05) is 0 Å². The quantitative estimate of drug-likeness (QED) is 0.762. The summed E-state index contributed by atoms with van der Waals surface area (Å²) in [5, 5.41) is 0. The summed E-state index contributed by atoms with van der Waals surface area (Å²) in [6.07, 6.45) is 0. The minimum absolute atomic E-state index is 0.299. The lowest BCUT2D eigenvalue weighted by Gasteiger charge is -2.13. The number of hydrogen-bond donors (Lipinski definition) is 1. The van der Waals surface area contributed by atoms with Gasteiger partial charge in [-0.05, 0) is 31.5 Å². The average molecular weight is 183 g/mol. The zero-order valence-corrected chi connectivity index (χ0v) is 8.10. The number of methoxy groups -OCH3 is 1. The second-order valence-corrected chi connectivity index (χ2v) is 3.15. The van der Waals surface area contributed by atoms with Crippen LogP contribution in [0.3, 0.4) is 0 Å². The fourth-order valence-corrected chi connectivity index (χ4v) is 1.33. The second kappa shape index (κ2) is 3.75. The summed E-state index contributed by atoms with van der Waals surface area (Å²) in [6.45, 7) is 3.55. The Balaban J connectivity index is 3.30. The number of rotatable bonds is 2. The average Bonchev–Trinajstić information content (AvgIpc) is 2.01. The molecule has 0 saturated heterocycles. The predicted molar refractivity (Wildman–Crippen MR) is 50.3 cm³/mol. The van der Waals surface area contributed by atoms with Gasteiger partial charge in [-0.25, -0.2) is 4.39 Å². The van der Waals surface area contributed by atoms with Gasteiger partial charge in [-0.2, -0.15) is 0 Å². The summed E-state index contributed by atoms with van der Waals surface area (Å²) < 4.78 is 18.4. The molecule has 1 atom stereocenters. The number of aryl methyl sites for hydroxylation is 1. The Labute approximate surface area is 77.5 Å². The number of nitrogens with two attached hydrogens (primary N) is 1. The van der Waals surface area contributed by atoms with Crippen molar-refractivity contribution in [2.45, 2.75) is 19.9 Å². The van der Waals surface area contributed by atoms with Gasteiger partial charge >= 0.3 is 0 Å². The number of benzene rings is 1. The van der Waals surface area contributed by atoms with Crippen molar-refractivity contribution in [1.82, 2.24) is 0 Å². The molecule has 1 aromatic carbocycles. The molecule has 72 valence electrons. The Hall–Kier alpha value is -1.09. The lowest BCUT2D eigenvalue weighted by atomic mass is 10.0. The smallest absolute Gasteiger partial charge is 0.131 e. The molecule has 0 amide bonds. The van der Waals surface area contributed by atoms with Gasteiger partial charge in [0.1, 0.15) is 11.6 Å². The summed E-state index contributed by atoms with van der Waals surface area (Å²) in [5.41, 5.74) is 6.89. The highest BCUT2D eigenvalue weighted by Crippen LogP contribution is 2.27. The molecule has 0 aliphatic heterocycles. The van der Waals surface area contributed by atoms with Crippen molar-refractivity contribution in [3.8, 4) is 5.75 Å². The Morgan fingerprint density at radius 3 is 2.54 bits per heavy atom. The lowest BCUT2D eigenvalue weighted by Crippen LogP contribution is -2.09. The van der Waals surface area contributed by atoms with Crippen molar-refractivity contribution in [2.24, 2.45) is 5.73 Å². The zero-order chi connectivity index (χ0) is 10.0. The molecule has 1 rings (SSSR count). The van der Waals surface area contributed by atoms with Gasteiger partial charge < -0.3 is 10.5 Å². The van der Waals surface area contributed by atoms with E-state index in [9.17, 15) is 4.39 Å². The van der Waals surface area contributed by atoms with Crippen molar-refractivity contribution < 1.29 is 9.13 Å². The molecule has 13 heavy (non-hydrogen) atoms. The molecule has 0 fully saturated rings. The Morgan fingerprint density at radius 2 is 2.08 bits per heavy atom. The molecule has 2 N–H and O–H groups in total. The minimum Gasteiger partial charge on any atom is -0.496 e. The van der Waals surface area contributed by atoms with Gasteiger partial charge in [0.25, 0.3) is 0 Å². The molecule has 2 nitrogen and oxygen atoms in total. The lowest BCUT2D eigenvalue weighted by molar-refractivity contribution is 0.400. The number of ether oxygens (including phenoxy) is 1. The third-order valence-electron chi connectivity index (χ3n) is 1.91. The van der Waals surface area contributed by atoms with Crippen LogP contribution < -0.4 is 10.5 Å². The highest BCUT2D eigenvalue weighted by molar-refractivity contribution is 5.40. The molecule has 0 aromatic heterocycles. The largest absolute Gasteiger partial charge is 0.496 e. The summed E-state index contributed by atoms with van der Waals surface area (Å²) >= 11 is 0. The maximum Gasteiger partial charge on any atom is 0.131 e. The monoisotopic (exact) mass is 183 g/mol.